The van der Waals surface area contributed by atoms with Gasteiger partial charge in [-0.25, -0.2) is 4.79 Å². The monoisotopic (exact) mass is 339 g/mol. The number of hydrogen-bond donors (Lipinski definition) is 1. The Morgan fingerprint density at radius 1 is 1.09 bits per heavy atom. The Balaban J connectivity index is 1.96. The number of nitrogens with one attached hydrogen (secondary N) is 1. The number of para-hydroxylation sites is 1. The van der Waals surface area contributed by atoms with E-state index < -0.39 is 17.9 Å². The van der Waals surface area contributed by atoms with Crippen LogP contribution in [0.5, 0.6) is 0 Å². The number of anilines is 1. The topological polar surface area (TPSA) is 79.0 Å². The first-order chi connectivity index (χ1) is 11.0. The van der Waals surface area contributed by atoms with Crippen molar-refractivity contribution in [3.8, 4) is 0 Å². The number of halogens is 1. The van der Waals surface area contributed by atoms with Crippen molar-refractivity contribution in [1.82, 2.24) is 9.80 Å². The van der Waals surface area contributed by atoms with Gasteiger partial charge < -0.3 is 19.9 Å². The molecule has 7 nitrogen and oxygen atoms in total. The average molecular weight is 340 g/mol. The highest BCUT2D eigenvalue weighted by atomic mass is 35.5. The van der Waals surface area contributed by atoms with Crippen LogP contribution in [0.15, 0.2) is 24.3 Å². The van der Waals surface area contributed by atoms with Crippen molar-refractivity contribution in [2.24, 2.45) is 0 Å². The Labute approximate surface area is 139 Å². The summed E-state index contributed by atoms with van der Waals surface area (Å²) in [4.78, 5) is 38.8. The fourth-order valence-electron chi connectivity index (χ4n) is 2.31. The molecule has 0 atom stereocenters. The van der Waals surface area contributed by atoms with Gasteiger partial charge in [-0.05, 0) is 18.6 Å². The minimum atomic E-state index is -0.746. The lowest BCUT2D eigenvalue weighted by molar-refractivity contribution is -0.143. The number of carbonyl (C=O) groups excluding carboxylic acids is 3. The first-order valence-electron chi connectivity index (χ1n) is 7.20. The molecule has 1 saturated heterocycles. The van der Waals surface area contributed by atoms with Crippen LogP contribution in [0.2, 0.25) is 5.02 Å². The molecule has 0 unspecified atom stereocenters. The molecule has 3 amide bonds. The van der Waals surface area contributed by atoms with Gasteiger partial charge in [-0.3, -0.25) is 9.59 Å². The summed E-state index contributed by atoms with van der Waals surface area (Å²) in [6.07, 6.45) is 0.153. The first kappa shape index (κ1) is 17.1. The molecule has 1 aliphatic rings. The standard InChI is InChI=1S/C15H18ClN3O4/c1-23-15(22)19-8-4-7-18(9-10-19)14(21)13(20)17-12-6-3-2-5-11(12)16/h2-3,5-6H,4,7-10H2,1H3,(H,17,20). The zero-order valence-electron chi connectivity index (χ0n) is 12.8. The van der Waals surface area contributed by atoms with Crippen molar-refractivity contribution in [3.63, 3.8) is 0 Å². The van der Waals surface area contributed by atoms with E-state index in [4.69, 9.17) is 11.6 Å². The summed E-state index contributed by atoms with van der Waals surface area (Å²) < 4.78 is 4.67. The third-order valence-electron chi connectivity index (χ3n) is 3.53. The van der Waals surface area contributed by atoms with Crippen LogP contribution < -0.4 is 5.32 Å². The number of methoxy groups -OCH3 is 1. The smallest absolute Gasteiger partial charge is 0.409 e. The average Bonchev–Trinajstić information content (AvgIpc) is 2.81. The van der Waals surface area contributed by atoms with Gasteiger partial charge in [0, 0.05) is 26.2 Å². The third kappa shape index (κ3) is 4.35. The molecule has 1 aromatic rings. The SMILES string of the molecule is COC(=O)N1CCCN(C(=O)C(=O)Nc2ccccc2Cl)CC1. The zero-order chi connectivity index (χ0) is 16.8. The lowest BCUT2D eigenvalue weighted by Gasteiger charge is -2.21. The van der Waals surface area contributed by atoms with Crippen LogP contribution in [-0.4, -0.2) is 61.0 Å². The van der Waals surface area contributed by atoms with Gasteiger partial charge in [0.2, 0.25) is 0 Å². The molecule has 1 aliphatic heterocycles. The van der Waals surface area contributed by atoms with Crippen LogP contribution in [0, 0.1) is 0 Å². The summed E-state index contributed by atoms with van der Waals surface area (Å²) in [6.45, 7) is 1.51. The van der Waals surface area contributed by atoms with E-state index >= 15 is 0 Å². The van der Waals surface area contributed by atoms with Crippen molar-refractivity contribution in [3.05, 3.63) is 29.3 Å². The molecule has 0 spiro atoms. The molecule has 1 heterocycles. The predicted octanol–water partition coefficient (Wildman–Crippen LogP) is 1.58. The molecule has 1 aromatic carbocycles. The molecule has 2 rings (SSSR count). The van der Waals surface area contributed by atoms with Crippen LogP contribution >= 0.6 is 11.6 Å². The van der Waals surface area contributed by atoms with Gasteiger partial charge in [-0.1, -0.05) is 23.7 Å². The number of hydrogen-bond acceptors (Lipinski definition) is 4. The molecular formula is C15H18ClN3O4. The maximum absolute atomic E-state index is 12.2. The molecule has 124 valence electrons. The molecule has 8 heteroatoms. The third-order valence-corrected chi connectivity index (χ3v) is 3.86. The van der Waals surface area contributed by atoms with Gasteiger partial charge in [-0.15, -0.1) is 0 Å². The van der Waals surface area contributed by atoms with Crippen LogP contribution in [-0.2, 0) is 14.3 Å². The number of rotatable bonds is 1. The Kier molecular flexibility index (Phi) is 5.81. The lowest BCUT2D eigenvalue weighted by Crippen LogP contribution is -2.42. The molecule has 0 saturated carbocycles. The molecule has 23 heavy (non-hydrogen) atoms. The highest BCUT2D eigenvalue weighted by Gasteiger charge is 2.26. The first-order valence-corrected chi connectivity index (χ1v) is 7.58. The second-order valence-electron chi connectivity index (χ2n) is 5.04. The Morgan fingerprint density at radius 3 is 2.43 bits per heavy atom. The van der Waals surface area contributed by atoms with E-state index in [0.717, 1.165) is 0 Å². The van der Waals surface area contributed by atoms with Gasteiger partial charge in [0.25, 0.3) is 0 Å². The maximum Gasteiger partial charge on any atom is 0.409 e. The molecule has 0 radical (unpaired) electrons. The summed E-state index contributed by atoms with van der Waals surface area (Å²) in [5.74, 6) is -1.39. The van der Waals surface area contributed by atoms with E-state index in [0.29, 0.717) is 36.8 Å². The molecule has 0 bridgehead atoms. The number of nitrogens with zero attached hydrogens (tertiary/aromatic N) is 2. The second kappa shape index (κ2) is 7.82. The molecule has 0 aromatic heterocycles. The van der Waals surface area contributed by atoms with Gasteiger partial charge in [0.1, 0.15) is 0 Å². The van der Waals surface area contributed by atoms with Crippen molar-refractivity contribution in [2.45, 2.75) is 6.42 Å². The molecular weight excluding hydrogens is 322 g/mol. The largest absolute Gasteiger partial charge is 0.453 e. The number of benzene rings is 1. The van der Waals surface area contributed by atoms with E-state index in [1.54, 1.807) is 24.3 Å². The molecule has 1 N–H and O–H groups in total. The van der Waals surface area contributed by atoms with Gasteiger partial charge in [-0.2, -0.15) is 0 Å². The van der Waals surface area contributed by atoms with Gasteiger partial charge in [0.05, 0.1) is 17.8 Å². The maximum atomic E-state index is 12.2. The lowest BCUT2D eigenvalue weighted by atomic mass is 10.3. The number of ether oxygens (including phenoxy) is 1. The fourth-order valence-corrected chi connectivity index (χ4v) is 2.50. The van der Waals surface area contributed by atoms with Gasteiger partial charge >= 0.3 is 17.9 Å². The minimum absolute atomic E-state index is 0.282. The summed E-state index contributed by atoms with van der Waals surface area (Å²) in [5.41, 5.74) is 0.388. The normalized spacial score (nSPS) is 14.9. The van der Waals surface area contributed by atoms with Crippen molar-refractivity contribution in [1.29, 1.82) is 0 Å². The Hall–Kier alpha value is -2.28. The van der Waals surface area contributed by atoms with Crippen LogP contribution in [0.4, 0.5) is 10.5 Å². The van der Waals surface area contributed by atoms with Crippen molar-refractivity contribution >= 4 is 35.2 Å². The fraction of sp³-hybridized carbons (Fsp3) is 0.400. The highest BCUT2D eigenvalue weighted by Crippen LogP contribution is 2.20. The van der Waals surface area contributed by atoms with E-state index in [1.807, 2.05) is 0 Å². The molecule has 1 fully saturated rings. The summed E-state index contributed by atoms with van der Waals surface area (Å²) in [5, 5.41) is 2.87. The second-order valence-corrected chi connectivity index (χ2v) is 5.44. The van der Waals surface area contributed by atoms with Crippen LogP contribution in [0.25, 0.3) is 0 Å². The summed E-state index contributed by atoms with van der Waals surface area (Å²) >= 11 is 5.96. The quantitative estimate of drug-likeness (QED) is 0.788. The van der Waals surface area contributed by atoms with Crippen molar-refractivity contribution in [2.75, 3.05) is 38.6 Å². The van der Waals surface area contributed by atoms with Crippen molar-refractivity contribution < 1.29 is 19.1 Å². The van der Waals surface area contributed by atoms with Crippen LogP contribution in [0.3, 0.4) is 0 Å². The minimum Gasteiger partial charge on any atom is -0.453 e. The molecule has 0 aliphatic carbocycles. The summed E-state index contributed by atoms with van der Waals surface area (Å²) in [6, 6.07) is 6.69. The number of amides is 3. The zero-order valence-corrected chi connectivity index (χ0v) is 13.5. The number of carbonyl (C=O) groups is 3. The Morgan fingerprint density at radius 2 is 1.74 bits per heavy atom. The summed E-state index contributed by atoms with van der Waals surface area (Å²) in [7, 11) is 1.31. The van der Waals surface area contributed by atoms with Crippen LogP contribution in [0.1, 0.15) is 6.42 Å². The van der Waals surface area contributed by atoms with Gasteiger partial charge in [0.15, 0.2) is 0 Å². The van der Waals surface area contributed by atoms with E-state index in [2.05, 4.69) is 10.1 Å². The highest BCUT2D eigenvalue weighted by molar-refractivity contribution is 6.41. The van der Waals surface area contributed by atoms with E-state index in [-0.39, 0.29) is 6.54 Å². The van der Waals surface area contributed by atoms with E-state index in [9.17, 15) is 14.4 Å². The predicted molar refractivity (Wildman–Crippen MR) is 85.3 cm³/mol. The van der Waals surface area contributed by atoms with E-state index in [1.165, 1.54) is 16.9 Å². The Bertz CT molecular complexity index is 608.